The van der Waals surface area contributed by atoms with Crippen LogP contribution in [-0.4, -0.2) is 0 Å². The first-order chi connectivity index (χ1) is 9.69. The van der Waals surface area contributed by atoms with Crippen molar-refractivity contribution in [3.63, 3.8) is 0 Å². The summed E-state index contributed by atoms with van der Waals surface area (Å²) in [6, 6.07) is 14.3. The van der Waals surface area contributed by atoms with Gasteiger partial charge in [-0.3, -0.25) is 0 Å². The molecule has 20 heavy (non-hydrogen) atoms. The molecule has 0 N–H and O–H groups in total. The highest BCUT2D eigenvalue weighted by Gasteiger charge is 2.14. The normalized spacial score (nSPS) is 10.7. The molecule has 1 heterocycles. The molecule has 4 heteroatoms. The third-order valence-corrected chi connectivity index (χ3v) is 4.63. The van der Waals surface area contributed by atoms with Crippen LogP contribution in [0.3, 0.4) is 0 Å². The summed E-state index contributed by atoms with van der Waals surface area (Å²) in [5, 5.41) is 10.5. The van der Waals surface area contributed by atoms with Crippen LogP contribution in [0.5, 0.6) is 0 Å². The molecule has 0 amide bonds. The Morgan fingerprint density at radius 3 is 2.60 bits per heavy atom. The number of fused-ring (bicyclic) bond motifs is 1. The van der Waals surface area contributed by atoms with Gasteiger partial charge in [-0.15, -0.1) is 11.3 Å². The van der Waals surface area contributed by atoms with Crippen LogP contribution in [0, 0.1) is 17.1 Å². The van der Waals surface area contributed by atoms with Gasteiger partial charge in [-0.2, -0.15) is 5.26 Å². The Morgan fingerprint density at radius 2 is 1.90 bits per heavy atom. The molecule has 0 aliphatic carbocycles. The molecule has 0 unspecified atom stereocenters. The maximum absolute atomic E-state index is 13.4. The van der Waals surface area contributed by atoms with Crippen molar-refractivity contribution in [1.82, 2.24) is 0 Å². The molecule has 0 aliphatic rings. The molecule has 2 aromatic carbocycles. The highest BCUT2D eigenvalue weighted by molar-refractivity contribution is 7.22. The Morgan fingerprint density at radius 1 is 1.15 bits per heavy atom. The zero-order chi connectivity index (χ0) is 14.1. The van der Waals surface area contributed by atoms with E-state index in [-0.39, 0.29) is 12.2 Å². The summed E-state index contributed by atoms with van der Waals surface area (Å²) >= 11 is 7.47. The van der Waals surface area contributed by atoms with Crippen LogP contribution in [0.1, 0.15) is 5.56 Å². The first-order valence-electron chi connectivity index (χ1n) is 6.03. The van der Waals surface area contributed by atoms with Crippen molar-refractivity contribution >= 4 is 33.0 Å². The zero-order valence-corrected chi connectivity index (χ0v) is 11.9. The number of hydrogen-bond donors (Lipinski definition) is 0. The van der Waals surface area contributed by atoms with Crippen molar-refractivity contribution in [3.05, 3.63) is 58.9 Å². The Bertz CT molecular complexity index is 815. The van der Waals surface area contributed by atoms with Gasteiger partial charge in [0.05, 0.1) is 12.5 Å². The van der Waals surface area contributed by atoms with Gasteiger partial charge in [-0.05, 0) is 41.5 Å². The lowest BCUT2D eigenvalue weighted by Crippen LogP contribution is -1.84. The first-order valence-corrected chi connectivity index (χ1v) is 7.22. The number of halogens is 2. The minimum atomic E-state index is -0.280. The maximum atomic E-state index is 13.4. The molecule has 98 valence electrons. The lowest BCUT2D eigenvalue weighted by molar-refractivity contribution is 0.630. The Hall–Kier alpha value is -1.89. The second-order valence-electron chi connectivity index (χ2n) is 4.39. The molecule has 1 nitrogen and oxygen atoms in total. The van der Waals surface area contributed by atoms with Gasteiger partial charge in [-0.25, -0.2) is 4.39 Å². The van der Waals surface area contributed by atoms with E-state index in [1.165, 1.54) is 12.1 Å². The van der Waals surface area contributed by atoms with E-state index in [1.807, 2.05) is 24.3 Å². The minimum absolute atomic E-state index is 0.265. The average molecular weight is 302 g/mol. The van der Waals surface area contributed by atoms with Crippen molar-refractivity contribution in [2.45, 2.75) is 6.42 Å². The molecule has 0 spiro atoms. The van der Waals surface area contributed by atoms with Gasteiger partial charge in [0.25, 0.3) is 0 Å². The van der Waals surface area contributed by atoms with Crippen LogP contribution >= 0.6 is 22.9 Å². The van der Waals surface area contributed by atoms with Crippen LogP contribution < -0.4 is 0 Å². The molecule has 0 radical (unpaired) electrons. The second-order valence-corrected chi connectivity index (χ2v) is 5.88. The average Bonchev–Trinajstić information content (AvgIpc) is 2.79. The Balaban J connectivity index is 2.26. The quantitative estimate of drug-likeness (QED) is 0.619. The number of benzene rings is 2. The van der Waals surface area contributed by atoms with Crippen LogP contribution in [-0.2, 0) is 6.42 Å². The SMILES string of the molecule is N#CCc1c(-c2ccc(Cl)cc2)sc2ccc(F)cc12. The standard InChI is InChI=1S/C16H9ClFNS/c17-11-3-1-10(2-4-11)16-13(7-8-19)14-9-12(18)5-6-15(14)20-16/h1-6,9H,7H2. The fourth-order valence-corrected chi connectivity index (χ4v) is 3.54. The fourth-order valence-electron chi connectivity index (χ4n) is 2.21. The van der Waals surface area contributed by atoms with Gasteiger partial charge in [0.15, 0.2) is 0 Å². The van der Waals surface area contributed by atoms with Crippen molar-refractivity contribution < 1.29 is 4.39 Å². The number of nitrogens with zero attached hydrogens (tertiary/aromatic N) is 1. The maximum Gasteiger partial charge on any atom is 0.123 e. The van der Waals surface area contributed by atoms with E-state index in [2.05, 4.69) is 6.07 Å². The van der Waals surface area contributed by atoms with E-state index in [0.29, 0.717) is 5.02 Å². The molecule has 0 bridgehead atoms. The third-order valence-electron chi connectivity index (χ3n) is 3.12. The molecule has 0 atom stereocenters. The topological polar surface area (TPSA) is 23.8 Å². The minimum Gasteiger partial charge on any atom is -0.207 e. The lowest BCUT2D eigenvalue weighted by atomic mass is 10.0. The molecule has 3 aromatic rings. The molecule has 0 fully saturated rings. The Labute approximate surface area is 124 Å². The summed E-state index contributed by atoms with van der Waals surface area (Å²) in [7, 11) is 0. The van der Waals surface area contributed by atoms with Gasteiger partial charge < -0.3 is 0 Å². The smallest absolute Gasteiger partial charge is 0.123 e. The summed E-state index contributed by atoms with van der Waals surface area (Å²) in [6.07, 6.45) is 0.265. The highest BCUT2D eigenvalue weighted by Crippen LogP contribution is 2.39. The predicted molar refractivity (Wildman–Crippen MR) is 81.5 cm³/mol. The van der Waals surface area contributed by atoms with Crippen LogP contribution in [0.15, 0.2) is 42.5 Å². The van der Waals surface area contributed by atoms with Crippen molar-refractivity contribution in [2.24, 2.45) is 0 Å². The summed E-state index contributed by atoms with van der Waals surface area (Å²) in [6.45, 7) is 0. The molecule has 3 rings (SSSR count). The number of nitriles is 1. The molecular weight excluding hydrogens is 293 g/mol. The van der Waals surface area contributed by atoms with E-state index < -0.39 is 0 Å². The molecule has 0 saturated heterocycles. The van der Waals surface area contributed by atoms with E-state index in [4.69, 9.17) is 16.9 Å². The summed E-state index contributed by atoms with van der Waals surface area (Å²) < 4.78 is 14.4. The van der Waals surface area contributed by atoms with Crippen LogP contribution in [0.2, 0.25) is 5.02 Å². The van der Waals surface area contributed by atoms with Gasteiger partial charge in [0, 0.05) is 20.0 Å². The lowest BCUT2D eigenvalue weighted by Gasteiger charge is -2.01. The first kappa shape index (κ1) is 13.1. The molecular formula is C16H9ClFNS. The van der Waals surface area contributed by atoms with E-state index in [9.17, 15) is 4.39 Å². The third kappa shape index (κ3) is 2.29. The van der Waals surface area contributed by atoms with E-state index in [1.54, 1.807) is 17.4 Å². The largest absolute Gasteiger partial charge is 0.207 e. The number of rotatable bonds is 2. The van der Waals surface area contributed by atoms with Crippen LogP contribution in [0.4, 0.5) is 4.39 Å². The molecule has 0 aliphatic heterocycles. The van der Waals surface area contributed by atoms with Crippen molar-refractivity contribution in [1.29, 1.82) is 5.26 Å². The van der Waals surface area contributed by atoms with Crippen molar-refractivity contribution in [2.75, 3.05) is 0 Å². The summed E-state index contributed by atoms with van der Waals surface area (Å²) in [4.78, 5) is 1.00. The number of hydrogen-bond acceptors (Lipinski definition) is 2. The predicted octanol–water partition coefficient (Wildman–Crippen LogP) is 5.43. The van der Waals surface area contributed by atoms with Gasteiger partial charge >= 0.3 is 0 Å². The number of thiophene rings is 1. The fraction of sp³-hybridized carbons (Fsp3) is 0.0625. The van der Waals surface area contributed by atoms with E-state index >= 15 is 0 Å². The second kappa shape index (κ2) is 5.24. The molecule has 1 aromatic heterocycles. The summed E-state index contributed by atoms with van der Waals surface area (Å²) in [5.74, 6) is -0.280. The van der Waals surface area contributed by atoms with Gasteiger partial charge in [-0.1, -0.05) is 23.7 Å². The monoisotopic (exact) mass is 301 g/mol. The summed E-state index contributed by atoms with van der Waals surface area (Å²) in [5.41, 5.74) is 1.88. The zero-order valence-electron chi connectivity index (χ0n) is 10.4. The highest BCUT2D eigenvalue weighted by atomic mass is 35.5. The van der Waals surface area contributed by atoms with Crippen molar-refractivity contribution in [3.8, 4) is 16.5 Å². The van der Waals surface area contributed by atoms with Crippen LogP contribution in [0.25, 0.3) is 20.5 Å². The Kier molecular flexibility index (Phi) is 3.43. The van der Waals surface area contributed by atoms with Gasteiger partial charge in [0.2, 0.25) is 0 Å². The van der Waals surface area contributed by atoms with E-state index in [0.717, 1.165) is 26.1 Å². The van der Waals surface area contributed by atoms with Gasteiger partial charge in [0.1, 0.15) is 5.82 Å². The molecule has 0 saturated carbocycles.